The molecule has 2 saturated heterocycles. The predicted octanol–water partition coefficient (Wildman–Crippen LogP) is 4.32. The van der Waals surface area contributed by atoms with Crippen LogP contribution >= 0.6 is 0 Å². The molecule has 0 radical (unpaired) electrons. The number of anilines is 1. The first-order valence-electron chi connectivity index (χ1n) is 14.0. The lowest BCUT2D eigenvalue weighted by molar-refractivity contribution is -0.161. The quantitative estimate of drug-likeness (QED) is 0.346. The zero-order valence-electron chi connectivity index (χ0n) is 24.7. The number of carbonyl (C=O) groups is 1. The number of nitrogens with zero attached hydrogens (tertiary/aromatic N) is 1. The molecule has 0 spiro atoms. The van der Waals surface area contributed by atoms with Crippen LogP contribution in [0.25, 0.3) is 0 Å². The van der Waals surface area contributed by atoms with Crippen LogP contribution in [0.4, 0.5) is 18.9 Å². The molecule has 43 heavy (non-hydrogen) atoms. The third-order valence-corrected chi connectivity index (χ3v) is 10.7. The van der Waals surface area contributed by atoms with Crippen molar-refractivity contribution < 1.29 is 49.9 Å². The summed E-state index contributed by atoms with van der Waals surface area (Å²) in [5, 5.41) is 0. The Morgan fingerprint density at radius 3 is 2.30 bits per heavy atom. The van der Waals surface area contributed by atoms with Crippen LogP contribution in [0.1, 0.15) is 52.5 Å². The summed E-state index contributed by atoms with van der Waals surface area (Å²) in [4.78, 5) is 12.4. The molecule has 0 N–H and O–H groups in total. The second-order valence-corrected chi connectivity index (χ2v) is 14.1. The summed E-state index contributed by atoms with van der Waals surface area (Å²) in [6.07, 6.45) is -4.72. The van der Waals surface area contributed by atoms with Gasteiger partial charge in [-0.1, -0.05) is 12.1 Å². The van der Waals surface area contributed by atoms with Crippen molar-refractivity contribution in [3.63, 3.8) is 0 Å². The first kappa shape index (κ1) is 31.6. The first-order chi connectivity index (χ1) is 20.0. The van der Waals surface area contributed by atoms with E-state index in [0.717, 1.165) is 22.5 Å². The number of sulfonamides is 1. The van der Waals surface area contributed by atoms with Crippen LogP contribution < -0.4 is 14.5 Å². The van der Waals surface area contributed by atoms with Crippen molar-refractivity contribution in [2.75, 3.05) is 31.2 Å². The number of hydrogen-bond acceptors (Lipinski definition) is 8. The Labute approximate surface area is 249 Å². The third kappa shape index (κ3) is 5.86. The van der Waals surface area contributed by atoms with Gasteiger partial charge in [0.25, 0.3) is 10.0 Å². The topological polar surface area (TPSA) is 101 Å². The molecule has 1 atom stereocenters. The van der Waals surface area contributed by atoms with Crippen LogP contribution in [-0.2, 0) is 39.8 Å². The van der Waals surface area contributed by atoms with Gasteiger partial charge in [-0.25, -0.2) is 8.42 Å². The molecule has 0 bridgehead atoms. The number of halogens is 3. The van der Waals surface area contributed by atoms with Gasteiger partial charge < -0.3 is 23.5 Å². The van der Waals surface area contributed by atoms with Crippen LogP contribution in [0.15, 0.2) is 47.4 Å². The van der Waals surface area contributed by atoms with E-state index in [-0.39, 0.29) is 24.4 Å². The number of ether oxygens (including phenoxy) is 3. The lowest BCUT2D eigenvalue weighted by Gasteiger charge is -2.41. The molecular weight excluding hydrogens is 590 g/mol. The Balaban J connectivity index is 1.57. The van der Waals surface area contributed by atoms with Crippen LogP contribution in [0, 0.1) is 5.41 Å². The molecule has 0 aromatic heterocycles. The van der Waals surface area contributed by atoms with E-state index >= 15 is 0 Å². The van der Waals surface area contributed by atoms with E-state index in [1.165, 1.54) is 7.11 Å². The fourth-order valence-electron chi connectivity index (χ4n) is 5.65. The first-order valence-corrected chi connectivity index (χ1v) is 15.5. The van der Waals surface area contributed by atoms with E-state index in [1.807, 2.05) is 27.7 Å². The molecule has 3 aliphatic rings. The number of carbonyl (C=O) groups excluding carboxylic acids is 1. The predicted molar refractivity (Wildman–Crippen MR) is 152 cm³/mol. The van der Waals surface area contributed by atoms with Crippen LogP contribution in [0.3, 0.4) is 0 Å². The van der Waals surface area contributed by atoms with Crippen molar-refractivity contribution in [3.05, 3.63) is 48.0 Å². The van der Waals surface area contributed by atoms with Gasteiger partial charge in [0.15, 0.2) is 0 Å². The maximum absolute atomic E-state index is 14.1. The molecule has 9 nitrogen and oxygen atoms in total. The van der Waals surface area contributed by atoms with Crippen molar-refractivity contribution in [2.24, 2.45) is 5.41 Å². The van der Waals surface area contributed by atoms with E-state index in [1.54, 1.807) is 18.2 Å². The zero-order valence-corrected chi connectivity index (χ0v) is 25.5. The number of esters is 1. The summed E-state index contributed by atoms with van der Waals surface area (Å²) < 4.78 is 99.1. The summed E-state index contributed by atoms with van der Waals surface area (Å²) in [6.45, 7) is 7.93. The molecule has 14 heteroatoms. The SMILES string of the molecule is COC(=O)C1(C[C@H]2CN(S(=O)(=O)c3cccc(C(F)(F)F)c3)c3cc(B4OC(C)(C)C(C)(C)O4)ccc3O2)CCOCC1. The second kappa shape index (κ2) is 11.0. The minimum absolute atomic E-state index is 0.121. The van der Waals surface area contributed by atoms with E-state index in [0.29, 0.717) is 37.6 Å². The zero-order chi connectivity index (χ0) is 31.4. The summed E-state index contributed by atoms with van der Waals surface area (Å²) in [5.41, 5.74) is -2.74. The van der Waals surface area contributed by atoms with Gasteiger partial charge in [-0.05, 0) is 76.3 Å². The Bertz CT molecular complexity index is 1470. The molecule has 0 aliphatic carbocycles. The molecule has 2 aromatic rings. The Kier molecular flexibility index (Phi) is 8.07. The highest BCUT2D eigenvalue weighted by molar-refractivity contribution is 7.92. The number of hydrogen-bond donors (Lipinski definition) is 0. The van der Waals surface area contributed by atoms with Crippen molar-refractivity contribution in [3.8, 4) is 5.75 Å². The van der Waals surface area contributed by atoms with Crippen molar-refractivity contribution in [1.82, 2.24) is 0 Å². The number of fused-ring (bicyclic) bond motifs is 1. The molecule has 234 valence electrons. The standard InChI is InChI=1S/C29H35BF3NO8S/c1-26(2)27(3,4)42-30(41-26)20-9-10-24-23(16-20)34(43(36,37)22-8-6-7-19(15-22)29(31,32)33)18-21(40-24)17-28(25(35)38-5)11-13-39-14-12-28/h6-10,15-16,21H,11-14,17-18H2,1-5H3/t21-/m0/s1. The summed E-state index contributed by atoms with van der Waals surface area (Å²) in [6, 6.07) is 8.46. The van der Waals surface area contributed by atoms with E-state index < -0.39 is 62.5 Å². The number of rotatable bonds is 6. The smallest absolute Gasteiger partial charge is 0.486 e. The summed E-state index contributed by atoms with van der Waals surface area (Å²) in [5.74, 6) is -0.257. The number of benzene rings is 2. The molecule has 3 heterocycles. The van der Waals surface area contributed by atoms with E-state index in [9.17, 15) is 26.4 Å². The highest BCUT2D eigenvalue weighted by Crippen LogP contribution is 2.44. The van der Waals surface area contributed by atoms with E-state index in [2.05, 4.69) is 0 Å². The van der Waals surface area contributed by atoms with Crippen molar-refractivity contribution in [2.45, 2.75) is 75.3 Å². The normalized spacial score (nSPS) is 22.9. The fourth-order valence-corrected chi connectivity index (χ4v) is 7.20. The van der Waals surface area contributed by atoms with Crippen molar-refractivity contribution >= 4 is 34.3 Å². The summed E-state index contributed by atoms with van der Waals surface area (Å²) in [7, 11) is -4.07. The van der Waals surface area contributed by atoms with Gasteiger partial charge in [0.05, 0.1) is 46.4 Å². The number of methoxy groups -OCH3 is 1. The van der Waals surface area contributed by atoms with Gasteiger partial charge in [0.1, 0.15) is 11.9 Å². The monoisotopic (exact) mass is 625 g/mol. The molecule has 0 unspecified atom stereocenters. The molecule has 2 aromatic carbocycles. The lowest BCUT2D eigenvalue weighted by atomic mass is 9.75. The molecule has 0 amide bonds. The maximum atomic E-state index is 14.1. The van der Waals surface area contributed by atoms with Gasteiger partial charge in [-0.2, -0.15) is 13.2 Å². The van der Waals surface area contributed by atoms with Crippen LogP contribution in [-0.4, -0.2) is 65.7 Å². The highest BCUT2D eigenvalue weighted by atomic mass is 32.2. The van der Waals surface area contributed by atoms with Gasteiger partial charge in [0.2, 0.25) is 0 Å². The van der Waals surface area contributed by atoms with Crippen molar-refractivity contribution in [1.29, 1.82) is 0 Å². The molecule has 0 saturated carbocycles. The van der Waals surface area contributed by atoms with Gasteiger partial charge >= 0.3 is 19.3 Å². The largest absolute Gasteiger partial charge is 0.494 e. The number of alkyl halides is 3. The Morgan fingerprint density at radius 2 is 1.70 bits per heavy atom. The lowest BCUT2D eigenvalue weighted by Crippen LogP contribution is -2.49. The fraction of sp³-hybridized carbons (Fsp3) is 0.552. The summed E-state index contributed by atoms with van der Waals surface area (Å²) >= 11 is 0. The van der Waals surface area contributed by atoms with E-state index in [4.69, 9.17) is 23.5 Å². The minimum atomic E-state index is -4.74. The Hall–Kier alpha value is -2.81. The molecule has 3 aliphatic heterocycles. The van der Waals surface area contributed by atoms with Crippen LogP contribution in [0.2, 0.25) is 0 Å². The van der Waals surface area contributed by atoms with Crippen LogP contribution in [0.5, 0.6) is 5.75 Å². The van der Waals surface area contributed by atoms with Gasteiger partial charge in [-0.15, -0.1) is 0 Å². The average molecular weight is 625 g/mol. The maximum Gasteiger partial charge on any atom is 0.494 e. The average Bonchev–Trinajstić information content (AvgIpc) is 3.18. The molecular formula is C29H35BF3NO8S. The van der Waals surface area contributed by atoms with Gasteiger partial charge in [-0.3, -0.25) is 9.10 Å². The molecule has 2 fully saturated rings. The third-order valence-electron chi connectivity index (χ3n) is 8.88. The Morgan fingerprint density at radius 1 is 1.05 bits per heavy atom. The highest BCUT2D eigenvalue weighted by Gasteiger charge is 2.52. The minimum Gasteiger partial charge on any atom is -0.486 e. The molecule has 5 rings (SSSR count). The second-order valence-electron chi connectivity index (χ2n) is 12.2. The van der Waals surface area contributed by atoms with Gasteiger partial charge in [0, 0.05) is 19.6 Å².